The molecule has 1 aromatic rings. The molecule has 2 rings (SSSR count). The smallest absolute Gasteiger partial charge is 0.0659 e. The van der Waals surface area contributed by atoms with Gasteiger partial charge in [0.15, 0.2) is 0 Å². The van der Waals surface area contributed by atoms with Crippen LogP contribution in [0.25, 0.3) is 0 Å². The first-order valence-corrected chi connectivity index (χ1v) is 7.66. The number of benzene rings is 1. The maximum absolute atomic E-state index is 10.9. The maximum Gasteiger partial charge on any atom is 0.0659 e. The summed E-state index contributed by atoms with van der Waals surface area (Å²) in [5.74, 6) is 1.99. The average molecular weight is 260 g/mol. The van der Waals surface area contributed by atoms with Crippen LogP contribution in [0.15, 0.2) is 30.3 Å². The van der Waals surface area contributed by atoms with Gasteiger partial charge in [-0.25, -0.2) is 0 Å². The number of aliphatic hydroxyl groups excluding tert-OH is 1. The molecule has 0 amide bonds. The highest BCUT2D eigenvalue weighted by atomic mass is 16.3. The quantitative estimate of drug-likeness (QED) is 0.854. The summed E-state index contributed by atoms with van der Waals surface area (Å²) in [5.41, 5.74) is 1.08. The summed E-state index contributed by atoms with van der Waals surface area (Å²) in [5, 5.41) is 10.9. The van der Waals surface area contributed by atoms with Crippen molar-refractivity contribution in [2.75, 3.05) is 0 Å². The molecule has 1 aliphatic rings. The Bertz CT molecular complexity index is 395. The van der Waals surface area contributed by atoms with Crippen LogP contribution < -0.4 is 0 Å². The molecule has 1 N–H and O–H groups in total. The Hall–Kier alpha value is -0.820. The van der Waals surface area contributed by atoms with Crippen LogP contribution in [0.1, 0.15) is 52.5 Å². The van der Waals surface area contributed by atoms with Crippen molar-refractivity contribution in [3.8, 4) is 0 Å². The highest BCUT2D eigenvalue weighted by Gasteiger charge is 2.38. The van der Waals surface area contributed by atoms with Gasteiger partial charge in [0.1, 0.15) is 0 Å². The van der Waals surface area contributed by atoms with E-state index >= 15 is 0 Å². The van der Waals surface area contributed by atoms with E-state index in [9.17, 15) is 5.11 Å². The minimum Gasteiger partial charge on any atom is -0.392 e. The molecule has 1 aromatic carbocycles. The van der Waals surface area contributed by atoms with Crippen molar-refractivity contribution in [3.05, 3.63) is 35.9 Å². The van der Waals surface area contributed by atoms with Gasteiger partial charge < -0.3 is 5.11 Å². The third-order valence-corrected chi connectivity index (χ3v) is 5.34. The monoisotopic (exact) mass is 260 g/mol. The zero-order valence-electron chi connectivity index (χ0n) is 12.8. The maximum atomic E-state index is 10.9. The van der Waals surface area contributed by atoms with E-state index in [-0.39, 0.29) is 11.5 Å². The van der Waals surface area contributed by atoms with Gasteiger partial charge in [0.25, 0.3) is 0 Å². The molecule has 106 valence electrons. The van der Waals surface area contributed by atoms with E-state index in [4.69, 9.17) is 0 Å². The molecule has 0 saturated heterocycles. The van der Waals surface area contributed by atoms with Gasteiger partial charge in [0.05, 0.1) is 6.10 Å². The average Bonchev–Trinajstić information content (AvgIpc) is 2.42. The lowest BCUT2D eigenvalue weighted by atomic mass is 9.66. The van der Waals surface area contributed by atoms with Crippen LogP contribution in [0, 0.1) is 17.8 Å². The third-order valence-electron chi connectivity index (χ3n) is 5.34. The standard InChI is InChI=1S/C18H28O/c1-13-10-11-15(12-14(13)2)17(19)18(3,4)16-8-6-5-7-9-16/h5-9,13-15,17,19H,10-12H2,1-4H3. The molecule has 1 saturated carbocycles. The molecule has 0 aromatic heterocycles. The van der Waals surface area contributed by atoms with Crippen molar-refractivity contribution in [1.29, 1.82) is 0 Å². The van der Waals surface area contributed by atoms with E-state index in [0.717, 1.165) is 11.8 Å². The lowest BCUT2D eigenvalue weighted by molar-refractivity contribution is 0.00858. The summed E-state index contributed by atoms with van der Waals surface area (Å²) in [6.07, 6.45) is 3.35. The van der Waals surface area contributed by atoms with E-state index in [1.165, 1.54) is 24.8 Å². The van der Waals surface area contributed by atoms with Crippen molar-refractivity contribution in [2.24, 2.45) is 17.8 Å². The summed E-state index contributed by atoms with van der Waals surface area (Å²) < 4.78 is 0. The van der Waals surface area contributed by atoms with Crippen LogP contribution >= 0.6 is 0 Å². The lowest BCUT2D eigenvalue weighted by Crippen LogP contribution is -2.42. The minimum atomic E-state index is -0.246. The number of rotatable bonds is 3. The summed E-state index contributed by atoms with van der Waals surface area (Å²) in [7, 11) is 0. The molecule has 0 heterocycles. The van der Waals surface area contributed by atoms with Gasteiger partial charge in [0.2, 0.25) is 0 Å². The Morgan fingerprint density at radius 1 is 1.05 bits per heavy atom. The highest BCUT2D eigenvalue weighted by Crippen LogP contribution is 2.40. The number of aliphatic hydroxyl groups is 1. The summed E-state index contributed by atoms with van der Waals surface area (Å²) in [6, 6.07) is 10.4. The zero-order chi connectivity index (χ0) is 14.0. The fraction of sp³-hybridized carbons (Fsp3) is 0.667. The predicted octanol–water partition coefficient (Wildman–Crippen LogP) is 4.40. The molecule has 1 heteroatoms. The van der Waals surface area contributed by atoms with Crippen LogP contribution in [0.4, 0.5) is 0 Å². The van der Waals surface area contributed by atoms with Crippen molar-refractivity contribution in [2.45, 2.75) is 58.5 Å². The largest absolute Gasteiger partial charge is 0.392 e. The van der Waals surface area contributed by atoms with Gasteiger partial charge in [0, 0.05) is 5.41 Å². The van der Waals surface area contributed by atoms with E-state index in [0.29, 0.717) is 5.92 Å². The minimum absolute atomic E-state index is 0.160. The third kappa shape index (κ3) is 3.02. The van der Waals surface area contributed by atoms with E-state index in [1.807, 2.05) is 6.07 Å². The molecule has 4 atom stereocenters. The molecular formula is C18H28O. The van der Waals surface area contributed by atoms with Crippen molar-refractivity contribution in [3.63, 3.8) is 0 Å². The fourth-order valence-corrected chi connectivity index (χ4v) is 3.50. The second-order valence-corrected chi connectivity index (χ2v) is 7.06. The van der Waals surface area contributed by atoms with Crippen LogP contribution in [0.3, 0.4) is 0 Å². The van der Waals surface area contributed by atoms with Gasteiger partial charge in [-0.15, -0.1) is 0 Å². The number of hydrogen-bond donors (Lipinski definition) is 1. The molecule has 1 fully saturated rings. The van der Waals surface area contributed by atoms with Crippen molar-refractivity contribution >= 4 is 0 Å². The summed E-state index contributed by atoms with van der Waals surface area (Å²) in [6.45, 7) is 9.03. The molecule has 1 aliphatic carbocycles. The Kier molecular flexibility index (Phi) is 4.35. The second-order valence-electron chi connectivity index (χ2n) is 7.06. The summed E-state index contributed by atoms with van der Waals surface area (Å²) >= 11 is 0. The normalized spacial score (nSPS) is 30.1. The predicted molar refractivity (Wildman–Crippen MR) is 81.1 cm³/mol. The molecule has 19 heavy (non-hydrogen) atoms. The Balaban J connectivity index is 2.12. The van der Waals surface area contributed by atoms with E-state index in [1.54, 1.807) is 0 Å². The topological polar surface area (TPSA) is 20.2 Å². The van der Waals surface area contributed by atoms with E-state index in [2.05, 4.69) is 52.0 Å². The molecular weight excluding hydrogens is 232 g/mol. The van der Waals surface area contributed by atoms with Crippen molar-refractivity contribution < 1.29 is 5.11 Å². The van der Waals surface area contributed by atoms with E-state index < -0.39 is 0 Å². The molecule has 0 aliphatic heterocycles. The molecule has 1 nitrogen and oxygen atoms in total. The molecule has 0 bridgehead atoms. The first kappa shape index (κ1) is 14.6. The SMILES string of the molecule is CC1CCC(C(O)C(C)(C)c2ccccc2)CC1C. The Labute approximate surface area is 118 Å². The second kappa shape index (κ2) is 5.66. The van der Waals surface area contributed by atoms with Crippen LogP contribution in [0.2, 0.25) is 0 Å². The molecule has 4 unspecified atom stereocenters. The fourth-order valence-electron chi connectivity index (χ4n) is 3.50. The van der Waals surface area contributed by atoms with Gasteiger partial charge in [-0.05, 0) is 36.2 Å². The van der Waals surface area contributed by atoms with Crippen molar-refractivity contribution in [1.82, 2.24) is 0 Å². The zero-order valence-corrected chi connectivity index (χ0v) is 12.8. The van der Waals surface area contributed by atoms with Gasteiger partial charge in [-0.3, -0.25) is 0 Å². The van der Waals surface area contributed by atoms with Crippen LogP contribution in [-0.4, -0.2) is 11.2 Å². The summed E-state index contributed by atoms with van der Waals surface area (Å²) in [4.78, 5) is 0. The lowest BCUT2D eigenvalue weighted by Gasteiger charge is -2.41. The Morgan fingerprint density at radius 3 is 2.26 bits per heavy atom. The van der Waals surface area contributed by atoms with Gasteiger partial charge >= 0.3 is 0 Å². The highest BCUT2D eigenvalue weighted by molar-refractivity contribution is 5.25. The Morgan fingerprint density at radius 2 is 1.68 bits per heavy atom. The van der Waals surface area contributed by atoms with Crippen LogP contribution in [0.5, 0.6) is 0 Å². The first-order chi connectivity index (χ1) is 8.93. The molecule has 0 spiro atoms. The van der Waals surface area contributed by atoms with Gasteiger partial charge in [-0.2, -0.15) is 0 Å². The number of hydrogen-bond acceptors (Lipinski definition) is 1. The van der Waals surface area contributed by atoms with Crippen LogP contribution in [-0.2, 0) is 5.41 Å². The molecule has 0 radical (unpaired) electrons. The van der Waals surface area contributed by atoms with Gasteiger partial charge in [-0.1, -0.05) is 64.4 Å². The first-order valence-electron chi connectivity index (χ1n) is 7.66.